The summed E-state index contributed by atoms with van der Waals surface area (Å²) in [4.78, 5) is 11.4. The lowest BCUT2D eigenvalue weighted by molar-refractivity contribution is -0.174. The number of hydrogen-bond acceptors (Lipinski definition) is 2. The molecule has 80 valence electrons. The third-order valence-corrected chi connectivity index (χ3v) is 3.94. The van der Waals surface area contributed by atoms with Crippen molar-refractivity contribution in [1.82, 2.24) is 0 Å². The first-order valence-electron chi connectivity index (χ1n) is 5.68. The van der Waals surface area contributed by atoms with Crippen molar-refractivity contribution in [2.75, 3.05) is 0 Å². The molecule has 1 saturated carbocycles. The van der Waals surface area contributed by atoms with Gasteiger partial charge in [0, 0.05) is 5.92 Å². The molecule has 1 saturated heterocycles. The molecule has 0 amide bonds. The molecule has 0 unspecified atom stereocenters. The number of carbonyl (C=O) groups is 1. The van der Waals surface area contributed by atoms with Crippen molar-refractivity contribution < 1.29 is 9.53 Å². The number of ether oxygens (including phenoxy) is 1. The lowest BCUT2D eigenvalue weighted by Gasteiger charge is -2.46. The van der Waals surface area contributed by atoms with Gasteiger partial charge in [0.05, 0.1) is 6.42 Å². The van der Waals surface area contributed by atoms with Gasteiger partial charge in [0.15, 0.2) is 0 Å². The first-order valence-corrected chi connectivity index (χ1v) is 5.68. The molecule has 0 aromatic rings. The molecular formula is C12H20O2. The van der Waals surface area contributed by atoms with E-state index in [0.717, 1.165) is 12.3 Å². The summed E-state index contributed by atoms with van der Waals surface area (Å²) < 4.78 is 5.46. The maximum absolute atomic E-state index is 11.4. The number of fused-ring (bicyclic) bond motifs is 1. The van der Waals surface area contributed by atoms with Crippen LogP contribution >= 0.6 is 0 Å². The highest BCUT2D eigenvalue weighted by Crippen LogP contribution is 2.46. The number of rotatable bonds is 0. The predicted octanol–water partition coefficient (Wildman–Crippen LogP) is 2.76. The van der Waals surface area contributed by atoms with E-state index in [-0.39, 0.29) is 17.5 Å². The fourth-order valence-corrected chi connectivity index (χ4v) is 3.07. The second-order valence-corrected chi connectivity index (χ2v) is 5.72. The zero-order valence-electron chi connectivity index (χ0n) is 9.38. The largest absolute Gasteiger partial charge is 0.462 e. The molecule has 0 aromatic carbocycles. The summed E-state index contributed by atoms with van der Waals surface area (Å²) in [5.41, 5.74) is 0.153. The molecule has 0 N–H and O–H groups in total. The van der Waals surface area contributed by atoms with Gasteiger partial charge < -0.3 is 4.74 Å². The molecule has 14 heavy (non-hydrogen) atoms. The van der Waals surface area contributed by atoms with Gasteiger partial charge in [-0.1, -0.05) is 27.2 Å². The zero-order valence-corrected chi connectivity index (χ0v) is 9.38. The van der Waals surface area contributed by atoms with Crippen LogP contribution in [0, 0.1) is 17.3 Å². The maximum Gasteiger partial charge on any atom is 0.306 e. The summed E-state index contributed by atoms with van der Waals surface area (Å²) in [6.45, 7) is 6.67. The van der Waals surface area contributed by atoms with Crippen molar-refractivity contribution in [2.24, 2.45) is 17.3 Å². The molecular weight excluding hydrogens is 176 g/mol. The van der Waals surface area contributed by atoms with Crippen LogP contribution in [0.2, 0.25) is 0 Å². The van der Waals surface area contributed by atoms with Gasteiger partial charge in [0.1, 0.15) is 6.10 Å². The van der Waals surface area contributed by atoms with E-state index in [4.69, 9.17) is 4.74 Å². The third kappa shape index (κ3) is 1.67. The van der Waals surface area contributed by atoms with Crippen molar-refractivity contribution >= 4 is 5.97 Å². The van der Waals surface area contributed by atoms with E-state index in [9.17, 15) is 4.79 Å². The monoisotopic (exact) mass is 196 g/mol. The van der Waals surface area contributed by atoms with E-state index in [0.29, 0.717) is 12.3 Å². The summed E-state index contributed by atoms with van der Waals surface area (Å²) >= 11 is 0. The molecule has 2 heteroatoms. The molecule has 1 aliphatic carbocycles. The van der Waals surface area contributed by atoms with Gasteiger partial charge in [-0.2, -0.15) is 0 Å². The molecule has 0 spiro atoms. The third-order valence-electron chi connectivity index (χ3n) is 3.94. The molecule has 2 rings (SSSR count). The molecule has 2 aliphatic rings. The number of carbonyl (C=O) groups excluding carboxylic acids is 1. The summed E-state index contributed by atoms with van der Waals surface area (Å²) in [6.07, 6.45) is 4.39. The van der Waals surface area contributed by atoms with Crippen LogP contribution in [0.5, 0.6) is 0 Å². The van der Waals surface area contributed by atoms with Gasteiger partial charge in [-0.25, -0.2) is 0 Å². The highest BCUT2D eigenvalue weighted by atomic mass is 16.5. The Morgan fingerprint density at radius 3 is 2.79 bits per heavy atom. The minimum absolute atomic E-state index is 0.00495. The average Bonchev–Trinajstić information content (AvgIpc) is 2.00. The summed E-state index contributed by atoms with van der Waals surface area (Å²) in [5.74, 6) is 1.32. The van der Waals surface area contributed by atoms with Crippen LogP contribution in [0.4, 0.5) is 0 Å². The normalized spacial score (nSPS) is 41.4. The Labute approximate surface area is 86.0 Å². The molecule has 2 nitrogen and oxygen atoms in total. The highest BCUT2D eigenvalue weighted by Gasteiger charge is 2.45. The summed E-state index contributed by atoms with van der Waals surface area (Å²) in [5, 5.41) is 0. The van der Waals surface area contributed by atoms with E-state index < -0.39 is 0 Å². The lowest BCUT2D eigenvalue weighted by Crippen LogP contribution is -2.46. The Hall–Kier alpha value is -0.530. The van der Waals surface area contributed by atoms with Crippen molar-refractivity contribution in [2.45, 2.75) is 52.6 Å². The zero-order chi connectivity index (χ0) is 10.3. The number of esters is 1. The van der Waals surface area contributed by atoms with E-state index in [1.54, 1.807) is 0 Å². The average molecular weight is 196 g/mol. The summed E-state index contributed by atoms with van der Waals surface area (Å²) in [7, 11) is 0. The van der Waals surface area contributed by atoms with E-state index in [1.165, 1.54) is 12.8 Å². The molecule has 2 fully saturated rings. The molecule has 3 atom stereocenters. The van der Waals surface area contributed by atoms with E-state index in [1.807, 2.05) is 0 Å². The smallest absolute Gasteiger partial charge is 0.306 e. The Morgan fingerprint density at radius 2 is 2.07 bits per heavy atom. The van der Waals surface area contributed by atoms with Crippen molar-refractivity contribution in [1.29, 1.82) is 0 Å². The van der Waals surface area contributed by atoms with Crippen LogP contribution < -0.4 is 0 Å². The van der Waals surface area contributed by atoms with Crippen LogP contribution in [0.15, 0.2) is 0 Å². The Morgan fingerprint density at radius 1 is 1.36 bits per heavy atom. The number of hydrogen-bond donors (Lipinski definition) is 0. The lowest BCUT2D eigenvalue weighted by atomic mass is 9.65. The maximum atomic E-state index is 11.4. The van der Waals surface area contributed by atoms with E-state index in [2.05, 4.69) is 20.8 Å². The topological polar surface area (TPSA) is 26.3 Å². The molecule has 0 radical (unpaired) electrons. The van der Waals surface area contributed by atoms with Gasteiger partial charge in [0.25, 0.3) is 0 Å². The predicted molar refractivity (Wildman–Crippen MR) is 54.8 cm³/mol. The molecule has 1 heterocycles. The van der Waals surface area contributed by atoms with Crippen LogP contribution in [-0.2, 0) is 9.53 Å². The van der Waals surface area contributed by atoms with E-state index >= 15 is 0 Å². The first-order chi connectivity index (χ1) is 6.49. The fraction of sp³-hybridized carbons (Fsp3) is 0.917. The van der Waals surface area contributed by atoms with Crippen LogP contribution in [0.1, 0.15) is 46.5 Å². The highest BCUT2D eigenvalue weighted by molar-refractivity contribution is 5.71. The van der Waals surface area contributed by atoms with Crippen LogP contribution in [-0.4, -0.2) is 12.1 Å². The molecule has 0 bridgehead atoms. The summed E-state index contributed by atoms with van der Waals surface area (Å²) in [6, 6.07) is 0. The minimum Gasteiger partial charge on any atom is -0.462 e. The molecule has 1 aliphatic heterocycles. The Balaban J connectivity index is 2.16. The molecule has 0 aromatic heterocycles. The minimum atomic E-state index is 0.00495. The van der Waals surface area contributed by atoms with Gasteiger partial charge in [-0.05, 0) is 24.2 Å². The van der Waals surface area contributed by atoms with Gasteiger partial charge >= 0.3 is 5.97 Å². The van der Waals surface area contributed by atoms with Crippen molar-refractivity contribution in [3.63, 3.8) is 0 Å². The van der Waals surface area contributed by atoms with Crippen LogP contribution in [0.25, 0.3) is 0 Å². The van der Waals surface area contributed by atoms with Crippen molar-refractivity contribution in [3.05, 3.63) is 0 Å². The second-order valence-electron chi connectivity index (χ2n) is 5.72. The first kappa shape index (κ1) is 10.0. The quantitative estimate of drug-likeness (QED) is 0.557. The fourth-order valence-electron chi connectivity index (χ4n) is 3.07. The standard InChI is InChI=1S/C12H20O2/c1-8-4-5-9-10(6-8)14-11(13)7-12(9,2)3/h8-10H,4-7H2,1-3H3/t8-,9-,10-/m1/s1. The second kappa shape index (κ2) is 3.25. The van der Waals surface area contributed by atoms with Crippen LogP contribution in [0.3, 0.4) is 0 Å². The van der Waals surface area contributed by atoms with Gasteiger partial charge in [-0.15, -0.1) is 0 Å². The van der Waals surface area contributed by atoms with Gasteiger partial charge in [-0.3, -0.25) is 4.79 Å². The SMILES string of the molecule is C[C@@H]1CC[C@@H]2[C@@H](C1)OC(=O)CC2(C)C. The van der Waals surface area contributed by atoms with Crippen molar-refractivity contribution in [3.8, 4) is 0 Å². The Kier molecular flexibility index (Phi) is 2.32. The Bertz CT molecular complexity index is 245. The van der Waals surface area contributed by atoms with Gasteiger partial charge in [0.2, 0.25) is 0 Å².